The third-order valence-corrected chi connectivity index (χ3v) is 4.19. The second kappa shape index (κ2) is 3.91. The first kappa shape index (κ1) is 11.6. The van der Waals surface area contributed by atoms with E-state index in [1.807, 2.05) is 0 Å². The lowest BCUT2D eigenvalue weighted by Crippen LogP contribution is -2.13. The smallest absolute Gasteiger partial charge is 0.222 e. The van der Waals surface area contributed by atoms with Crippen LogP contribution in [0.3, 0.4) is 0 Å². The molecule has 2 aromatic heterocycles. The molecule has 2 saturated carbocycles. The number of nitrogen functional groups attached to an aromatic ring is 3. The minimum absolute atomic E-state index is 0.0963. The highest BCUT2D eigenvalue weighted by Gasteiger charge is 2.44. The van der Waals surface area contributed by atoms with Crippen molar-refractivity contribution < 1.29 is 0 Å². The molecule has 2 aliphatic carbocycles. The van der Waals surface area contributed by atoms with Gasteiger partial charge in [0.05, 0.1) is 0 Å². The third kappa shape index (κ3) is 1.81. The second-order valence-electron chi connectivity index (χ2n) is 5.83. The summed E-state index contributed by atoms with van der Waals surface area (Å²) in [5.74, 6) is 3.34. The molecule has 0 saturated heterocycles. The van der Waals surface area contributed by atoms with Crippen molar-refractivity contribution in [3.8, 4) is 0 Å². The van der Waals surface area contributed by atoms with Crippen molar-refractivity contribution in [2.75, 3.05) is 17.2 Å². The zero-order valence-electron chi connectivity index (χ0n) is 11.1. The molecule has 0 aromatic carbocycles. The molecule has 0 radical (unpaired) electrons. The highest BCUT2D eigenvalue weighted by atomic mass is 15.1. The first-order valence-electron chi connectivity index (χ1n) is 6.99. The largest absolute Gasteiger partial charge is 0.382 e. The molecule has 2 aromatic rings. The molecule has 0 aliphatic heterocycles. The van der Waals surface area contributed by atoms with Gasteiger partial charge in [0, 0.05) is 5.92 Å². The number of rotatable bonds is 3. The molecule has 0 bridgehead atoms. The summed E-state index contributed by atoms with van der Waals surface area (Å²) in [6.45, 7) is 0. The van der Waals surface area contributed by atoms with Crippen LogP contribution in [0.25, 0.3) is 11.0 Å². The average Bonchev–Trinajstić information content (AvgIpc) is 3.24. The molecule has 104 valence electrons. The Morgan fingerprint density at radius 2 is 1.30 bits per heavy atom. The van der Waals surface area contributed by atoms with Gasteiger partial charge in [0.2, 0.25) is 5.95 Å². The van der Waals surface area contributed by atoms with Crippen LogP contribution in [-0.4, -0.2) is 19.9 Å². The monoisotopic (exact) mass is 271 g/mol. The predicted molar refractivity (Wildman–Crippen MR) is 76.6 cm³/mol. The van der Waals surface area contributed by atoms with Gasteiger partial charge in [-0.3, -0.25) is 0 Å². The maximum Gasteiger partial charge on any atom is 0.222 e. The SMILES string of the molecule is Nc1nc(N)c2nc(C(C3CC3)C3CC3)nc(N)c2n1. The van der Waals surface area contributed by atoms with E-state index < -0.39 is 0 Å². The van der Waals surface area contributed by atoms with E-state index in [4.69, 9.17) is 17.2 Å². The minimum Gasteiger partial charge on any atom is -0.382 e. The quantitative estimate of drug-likeness (QED) is 0.761. The molecule has 0 atom stereocenters. The molecule has 7 heteroatoms. The molecule has 20 heavy (non-hydrogen) atoms. The van der Waals surface area contributed by atoms with E-state index in [0.717, 1.165) is 5.82 Å². The van der Waals surface area contributed by atoms with Crippen molar-refractivity contribution in [2.45, 2.75) is 31.6 Å². The van der Waals surface area contributed by atoms with E-state index in [0.29, 0.717) is 34.6 Å². The maximum atomic E-state index is 6.02. The highest BCUT2D eigenvalue weighted by Crippen LogP contribution is 2.53. The van der Waals surface area contributed by atoms with Gasteiger partial charge in [-0.1, -0.05) is 0 Å². The fourth-order valence-corrected chi connectivity index (χ4v) is 2.96. The van der Waals surface area contributed by atoms with Crippen LogP contribution in [0, 0.1) is 11.8 Å². The molecule has 2 heterocycles. The van der Waals surface area contributed by atoms with Crippen molar-refractivity contribution in [1.29, 1.82) is 0 Å². The van der Waals surface area contributed by atoms with Gasteiger partial charge in [-0.2, -0.15) is 4.98 Å². The fraction of sp³-hybridized carbons (Fsp3) is 0.538. The first-order chi connectivity index (χ1) is 9.63. The van der Waals surface area contributed by atoms with Crippen LogP contribution < -0.4 is 17.2 Å². The van der Waals surface area contributed by atoms with E-state index in [1.54, 1.807) is 0 Å². The van der Waals surface area contributed by atoms with Crippen molar-refractivity contribution in [3.05, 3.63) is 5.82 Å². The number of fused-ring (bicyclic) bond motifs is 1. The van der Waals surface area contributed by atoms with Crippen LogP contribution in [0.15, 0.2) is 0 Å². The Balaban J connectivity index is 1.88. The summed E-state index contributed by atoms with van der Waals surface area (Å²) in [7, 11) is 0. The fourth-order valence-electron chi connectivity index (χ4n) is 2.96. The van der Waals surface area contributed by atoms with E-state index in [2.05, 4.69) is 19.9 Å². The Bertz CT molecular complexity index is 679. The average molecular weight is 271 g/mol. The third-order valence-electron chi connectivity index (χ3n) is 4.19. The summed E-state index contributed by atoms with van der Waals surface area (Å²) in [5.41, 5.74) is 18.5. The topological polar surface area (TPSA) is 130 Å². The Hall–Kier alpha value is -2.18. The lowest BCUT2D eigenvalue weighted by molar-refractivity contribution is 0.511. The zero-order chi connectivity index (χ0) is 13.9. The Labute approximate surface area is 116 Å². The summed E-state index contributed by atoms with van der Waals surface area (Å²) in [6.07, 6.45) is 5.04. The van der Waals surface area contributed by atoms with Gasteiger partial charge in [-0.15, -0.1) is 0 Å². The lowest BCUT2D eigenvalue weighted by Gasteiger charge is -2.15. The van der Waals surface area contributed by atoms with Gasteiger partial charge in [0.1, 0.15) is 16.9 Å². The standard InChI is InChI=1S/C13H17N7/c14-10-9-8(11(15)20-13(16)18-9)17-12(19-10)7(5-1-2-5)6-3-4-6/h5-7H,1-4H2,(H2,14,17,19)(H4,15,16,18,20). The van der Waals surface area contributed by atoms with E-state index in [9.17, 15) is 0 Å². The number of hydrogen-bond acceptors (Lipinski definition) is 7. The molecule has 0 amide bonds. The van der Waals surface area contributed by atoms with Crippen LogP contribution in [0.1, 0.15) is 37.4 Å². The predicted octanol–water partition coefficient (Wildman–Crippen LogP) is 1.07. The molecule has 6 N–H and O–H groups in total. The van der Waals surface area contributed by atoms with Crippen LogP contribution in [-0.2, 0) is 0 Å². The van der Waals surface area contributed by atoms with Crippen LogP contribution >= 0.6 is 0 Å². The molecular weight excluding hydrogens is 254 g/mol. The summed E-state index contributed by atoms with van der Waals surface area (Å²) >= 11 is 0. The Kier molecular flexibility index (Phi) is 2.27. The number of nitrogens with two attached hydrogens (primary N) is 3. The first-order valence-corrected chi connectivity index (χ1v) is 6.99. The zero-order valence-corrected chi connectivity index (χ0v) is 11.1. The van der Waals surface area contributed by atoms with E-state index >= 15 is 0 Å². The van der Waals surface area contributed by atoms with Crippen LogP contribution in [0.4, 0.5) is 17.6 Å². The summed E-state index contributed by atoms with van der Waals surface area (Å²) in [6, 6.07) is 0. The van der Waals surface area contributed by atoms with E-state index in [-0.39, 0.29) is 11.8 Å². The Morgan fingerprint density at radius 1 is 0.750 bits per heavy atom. The van der Waals surface area contributed by atoms with Gasteiger partial charge in [0.25, 0.3) is 0 Å². The van der Waals surface area contributed by atoms with Crippen molar-refractivity contribution in [1.82, 2.24) is 19.9 Å². The summed E-state index contributed by atoms with van der Waals surface area (Å²) in [5, 5.41) is 0. The summed E-state index contributed by atoms with van der Waals surface area (Å²) in [4.78, 5) is 17.1. The van der Waals surface area contributed by atoms with Crippen LogP contribution in [0.2, 0.25) is 0 Å². The molecule has 0 unspecified atom stereocenters. The molecule has 2 aliphatic rings. The lowest BCUT2D eigenvalue weighted by atomic mass is 9.97. The number of hydrogen-bond donors (Lipinski definition) is 3. The van der Waals surface area contributed by atoms with Crippen LogP contribution in [0.5, 0.6) is 0 Å². The number of nitrogens with zero attached hydrogens (tertiary/aromatic N) is 4. The molecule has 0 spiro atoms. The Morgan fingerprint density at radius 3 is 1.90 bits per heavy atom. The second-order valence-corrected chi connectivity index (χ2v) is 5.83. The van der Waals surface area contributed by atoms with Gasteiger partial charge in [-0.25, -0.2) is 15.0 Å². The number of aromatic nitrogens is 4. The van der Waals surface area contributed by atoms with Crippen molar-refractivity contribution in [2.24, 2.45) is 11.8 Å². The van der Waals surface area contributed by atoms with Gasteiger partial charge in [-0.05, 0) is 37.5 Å². The van der Waals surface area contributed by atoms with E-state index in [1.165, 1.54) is 25.7 Å². The maximum absolute atomic E-state index is 6.02. The van der Waals surface area contributed by atoms with Gasteiger partial charge < -0.3 is 17.2 Å². The highest BCUT2D eigenvalue weighted by molar-refractivity contribution is 5.91. The molecule has 4 rings (SSSR count). The van der Waals surface area contributed by atoms with Gasteiger partial charge >= 0.3 is 0 Å². The normalized spacial score (nSPS) is 18.9. The molecular formula is C13H17N7. The number of anilines is 3. The van der Waals surface area contributed by atoms with Crippen molar-refractivity contribution >= 4 is 28.6 Å². The minimum atomic E-state index is 0.0963. The van der Waals surface area contributed by atoms with Crippen molar-refractivity contribution in [3.63, 3.8) is 0 Å². The molecule has 2 fully saturated rings. The van der Waals surface area contributed by atoms with Gasteiger partial charge in [0.15, 0.2) is 11.6 Å². The summed E-state index contributed by atoms with van der Waals surface area (Å²) < 4.78 is 0. The molecule has 7 nitrogen and oxygen atoms in total.